The molecule has 1 N–H and O–H groups in total. The molecule has 6 nitrogen and oxygen atoms in total. The van der Waals surface area contributed by atoms with Crippen molar-refractivity contribution in [1.82, 2.24) is 14.7 Å². The Morgan fingerprint density at radius 1 is 1.44 bits per heavy atom. The van der Waals surface area contributed by atoms with E-state index < -0.39 is 5.60 Å². The highest BCUT2D eigenvalue weighted by Gasteiger charge is 2.33. The molecule has 1 aliphatic rings. The van der Waals surface area contributed by atoms with Gasteiger partial charge in [-0.3, -0.25) is 9.58 Å². The Labute approximate surface area is 146 Å². The fourth-order valence-corrected chi connectivity index (χ4v) is 2.91. The number of nitrogens with zero attached hydrogens (tertiary/aromatic N) is 3. The Bertz CT molecular complexity index is 694. The molecular formula is C18H24FN3O3. The second-order valence-corrected chi connectivity index (χ2v) is 6.44. The van der Waals surface area contributed by atoms with Crippen LogP contribution >= 0.6 is 0 Å². The van der Waals surface area contributed by atoms with Crippen LogP contribution in [0.15, 0.2) is 36.7 Å². The second-order valence-electron chi connectivity index (χ2n) is 6.44. The molecule has 0 spiro atoms. The number of ether oxygens (including phenoxy) is 2. The monoisotopic (exact) mass is 349 g/mol. The summed E-state index contributed by atoms with van der Waals surface area (Å²) in [6, 6.07) is 5.91. The highest BCUT2D eigenvalue weighted by molar-refractivity contribution is 5.22. The van der Waals surface area contributed by atoms with Gasteiger partial charge in [0.15, 0.2) is 0 Å². The van der Waals surface area contributed by atoms with E-state index in [1.165, 1.54) is 12.1 Å². The van der Waals surface area contributed by atoms with Crippen LogP contribution in [0.2, 0.25) is 0 Å². The van der Waals surface area contributed by atoms with E-state index in [1.807, 2.05) is 24.0 Å². The Kier molecular flexibility index (Phi) is 5.67. The molecule has 0 radical (unpaired) electrons. The van der Waals surface area contributed by atoms with Gasteiger partial charge in [0.05, 0.1) is 19.4 Å². The summed E-state index contributed by atoms with van der Waals surface area (Å²) in [6.45, 7) is 5.47. The van der Waals surface area contributed by atoms with E-state index in [-0.39, 0.29) is 19.0 Å². The fourth-order valence-electron chi connectivity index (χ4n) is 2.91. The summed E-state index contributed by atoms with van der Waals surface area (Å²) in [5.41, 5.74) is -0.0547. The maximum Gasteiger partial charge on any atom is 0.134 e. The number of rotatable bonds is 6. The number of aliphatic hydroxyl groups is 1. The molecule has 0 saturated carbocycles. The predicted octanol–water partition coefficient (Wildman–Crippen LogP) is 1.68. The Morgan fingerprint density at radius 2 is 2.32 bits per heavy atom. The van der Waals surface area contributed by atoms with E-state index in [0.717, 1.165) is 18.7 Å². The predicted molar refractivity (Wildman–Crippen MR) is 90.8 cm³/mol. The molecule has 1 atom stereocenters. The molecule has 25 heavy (non-hydrogen) atoms. The van der Waals surface area contributed by atoms with Gasteiger partial charge in [-0.2, -0.15) is 5.10 Å². The Morgan fingerprint density at radius 3 is 3.08 bits per heavy atom. The van der Waals surface area contributed by atoms with Gasteiger partial charge in [0.1, 0.15) is 23.8 Å². The van der Waals surface area contributed by atoms with Crippen LogP contribution in [0.3, 0.4) is 0 Å². The van der Waals surface area contributed by atoms with Gasteiger partial charge in [-0.05, 0) is 19.1 Å². The van der Waals surface area contributed by atoms with E-state index >= 15 is 0 Å². The fraction of sp³-hybridized carbons (Fsp3) is 0.500. The van der Waals surface area contributed by atoms with E-state index in [2.05, 4.69) is 10.00 Å². The van der Waals surface area contributed by atoms with Crippen molar-refractivity contribution in [3.8, 4) is 5.75 Å². The summed E-state index contributed by atoms with van der Waals surface area (Å²) in [5.74, 6) is 0.0320. The number of hydrogen-bond donors (Lipinski definition) is 1. The minimum atomic E-state index is -1.15. The van der Waals surface area contributed by atoms with Crippen LogP contribution in [0.25, 0.3) is 0 Å². The number of benzene rings is 1. The quantitative estimate of drug-likeness (QED) is 0.860. The lowest BCUT2D eigenvalue weighted by Gasteiger charge is -2.30. The molecular weight excluding hydrogens is 325 g/mol. The molecule has 1 fully saturated rings. The minimum Gasteiger partial charge on any atom is -0.490 e. The Hall–Kier alpha value is -1.96. The number of hydrogen-bond acceptors (Lipinski definition) is 5. The number of β-amino-alcohol motifs (C(OH)–C–C–N with tert-alkyl or cyclic N) is 1. The van der Waals surface area contributed by atoms with Gasteiger partial charge in [-0.25, -0.2) is 4.39 Å². The van der Waals surface area contributed by atoms with E-state index in [4.69, 9.17) is 9.47 Å². The van der Waals surface area contributed by atoms with Crippen LogP contribution < -0.4 is 4.74 Å². The lowest BCUT2D eigenvalue weighted by molar-refractivity contribution is -0.0647. The molecule has 136 valence electrons. The van der Waals surface area contributed by atoms with Crippen molar-refractivity contribution in [2.24, 2.45) is 0 Å². The zero-order chi connectivity index (χ0) is 17.7. The van der Waals surface area contributed by atoms with Crippen LogP contribution in [-0.2, 0) is 17.8 Å². The normalized spacial score (nSPS) is 21.9. The van der Waals surface area contributed by atoms with Crippen molar-refractivity contribution >= 4 is 0 Å². The number of aromatic nitrogens is 2. The third-order valence-corrected chi connectivity index (χ3v) is 4.16. The highest BCUT2D eigenvalue weighted by atomic mass is 19.1. The average Bonchev–Trinajstić information content (AvgIpc) is 2.96. The van der Waals surface area contributed by atoms with E-state index in [1.54, 1.807) is 12.1 Å². The zero-order valence-corrected chi connectivity index (χ0v) is 14.4. The van der Waals surface area contributed by atoms with E-state index in [9.17, 15) is 9.50 Å². The van der Waals surface area contributed by atoms with Gasteiger partial charge < -0.3 is 14.6 Å². The van der Waals surface area contributed by atoms with Crippen molar-refractivity contribution in [3.05, 3.63) is 48.0 Å². The molecule has 2 heterocycles. The molecule has 2 aromatic rings. The summed E-state index contributed by atoms with van der Waals surface area (Å²) in [5, 5.41) is 15.2. The van der Waals surface area contributed by atoms with Crippen LogP contribution in [0.4, 0.5) is 4.39 Å². The van der Waals surface area contributed by atoms with Crippen LogP contribution in [0, 0.1) is 5.82 Å². The maximum absolute atomic E-state index is 13.2. The van der Waals surface area contributed by atoms with Crippen LogP contribution in [0.5, 0.6) is 5.75 Å². The molecule has 0 bridgehead atoms. The van der Waals surface area contributed by atoms with E-state index in [0.29, 0.717) is 25.4 Å². The molecule has 1 aromatic carbocycles. The van der Waals surface area contributed by atoms with Crippen molar-refractivity contribution < 1.29 is 19.0 Å². The number of aryl methyl sites for hydroxylation is 1. The standard InChI is InChI=1S/C18H24FN3O3/c1-2-22-11-15(9-20-22)10-21-6-7-24-13-18(23,12-21)14-25-17-5-3-4-16(19)8-17/h3-5,8-9,11,23H,2,6-7,10,12-14H2,1H3/t18-/m0/s1. The van der Waals surface area contributed by atoms with Crippen LogP contribution in [0.1, 0.15) is 12.5 Å². The lowest BCUT2D eigenvalue weighted by atomic mass is 10.1. The highest BCUT2D eigenvalue weighted by Crippen LogP contribution is 2.18. The summed E-state index contributed by atoms with van der Waals surface area (Å²) in [6.07, 6.45) is 3.85. The molecule has 3 rings (SSSR count). The van der Waals surface area contributed by atoms with Crippen molar-refractivity contribution in [2.45, 2.75) is 25.6 Å². The van der Waals surface area contributed by atoms with Crippen molar-refractivity contribution in [1.29, 1.82) is 0 Å². The number of halogens is 1. The molecule has 7 heteroatoms. The largest absolute Gasteiger partial charge is 0.490 e. The molecule has 1 aromatic heterocycles. The van der Waals surface area contributed by atoms with Gasteiger partial charge in [0.2, 0.25) is 0 Å². The average molecular weight is 349 g/mol. The molecule has 0 unspecified atom stereocenters. The van der Waals surface area contributed by atoms with Crippen molar-refractivity contribution in [3.63, 3.8) is 0 Å². The molecule has 1 aliphatic heterocycles. The summed E-state index contributed by atoms with van der Waals surface area (Å²) in [4.78, 5) is 2.12. The van der Waals surface area contributed by atoms with Crippen molar-refractivity contribution in [2.75, 3.05) is 32.9 Å². The van der Waals surface area contributed by atoms with Gasteiger partial charge in [-0.15, -0.1) is 0 Å². The first kappa shape index (κ1) is 17.8. The molecule has 0 amide bonds. The zero-order valence-electron chi connectivity index (χ0n) is 14.4. The minimum absolute atomic E-state index is 0.0428. The van der Waals surface area contributed by atoms with Gasteiger partial charge >= 0.3 is 0 Å². The first-order chi connectivity index (χ1) is 12.1. The van der Waals surface area contributed by atoms with Gasteiger partial charge in [0.25, 0.3) is 0 Å². The van der Waals surface area contributed by atoms with Gasteiger partial charge in [0, 0.05) is 44.0 Å². The Balaban J connectivity index is 1.61. The second kappa shape index (κ2) is 7.95. The maximum atomic E-state index is 13.2. The third-order valence-electron chi connectivity index (χ3n) is 4.16. The topological polar surface area (TPSA) is 59.8 Å². The van der Waals surface area contributed by atoms with Gasteiger partial charge in [-0.1, -0.05) is 6.07 Å². The van der Waals surface area contributed by atoms with Crippen LogP contribution in [-0.4, -0.2) is 58.3 Å². The SMILES string of the molecule is CCn1cc(CN2CCOC[C@](O)(COc3cccc(F)c3)C2)cn1. The third kappa shape index (κ3) is 5.01. The molecule has 1 saturated heterocycles. The summed E-state index contributed by atoms with van der Waals surface area (Å²) < 4.78 is 26.3. The summed E-state index contributed by atoms with van der Waals surface area (Å²) >= 11 is 0. The summed E-state index contributed by atoms with van der Waals surface area (Å²) in [7, 11) is 0. The smallest absolute Gasteiger partial charge is 0.134 e. The molecule has 0 aliphatic carbocycles. The first-order valence-corrected chi connectivity index (χ1v) is 8.48. The lowest BCUT2D eigenvalue weighted by Crippen LogP contribution is -2.48. The first-order valence-electron chi connectivity index (χ1n) is 8.48.